The van der Waals surface area contributed by atoms with E-state index in [4.69, 9.17) is 10.5 Å². The maximum absolute atomic E-state index is 6.36. The molecule has 2 N–H and O–H groups in total. The van der Waals surface area contributed by atoms with Crippen molar-refractivity contribution in [3.8, 4) is 0 Å². The van der Waals surface area contributed by atoms with Crippen molar-refractivity contribution >= 4 is 0 Å². The van der Waals surface area contributed by atoms with Crippen LogP contribution >= 0.6 is 0 Å². The third-order valence-electron chi connectivity index (χ3n) is 4.25. The molecule has 0 spiro atoms. The molecule has 1 fully saturated rings. The molecule has 0 aromatic heterocycles. The summed E-state index contributed by atoms with van der Waals surface area (Å²) in [6, 6.07) is 0.959. The third-order valence-corrected chi connectivity index (χ3v) is 4.25. The highest BCUT2D eigenvalue weighted by atomic mass is 16.5. The van der Waals surface area contributed by atoms with Gasteiger partial charge in [0.15, 0.2) is 0 Å². The molecular formula is C14H30N2O. The Kier molecular flexibility index (Phi) is 7.09. The average Bonchev–Trinajstić information content (AvgIpc) is 2.87. The zero-order chi connectivity index (χ0) is 12.7. The molecule has 2 unspecified atom stereocenters. The van der Waals surface area contributed by atoms with Gasteiger partial charge in [0, 0.05) is 32.3 Å². The summed E-state index contributed by atoms with van der Waals surface area (Å²) < 4.78 is 5.19. The lowest BCUT2D eigenvalue weighted by Crippen LogP contribution is -2.46. The molecule has 0 aromatic rings. The number of hydrogen-bond acceptors (Lipinski definition) is 3. The second kappa shape index (κ2) is 8.06. The molecule has 2 atom stereocenters. The quantitative estimate of drug-likeness (QED) is 0.709. The summed E-state index contributed by atoms with van der Waals surface area (Å²) in [5.74, 6) is 0.754. The summed E-state index contributed by atoms with van der Waals surface area (Å²) in [7, 11) is 1.77. The number of methoxy groups -OCH3 is 1. The first-order valence-corrected chi connectivity index (χ1v) is 7.17. The van der Waals surface area contributed by atoms with E-state index in [1.165, 1.54) is 32.1 Å². The fourth-order valence-electron chi connectivity index (χ4n) is 2.76. The van der Waals surface area contributed by atoms with Gasteiger partial charge in [0.1, 0.15) is 0 Å². The van der Waals surface area contributed by atoms with Crippen LogP contribution in [0.1, 0.15) is 46.0 Å². The highest BCUT2D eigenvalue weighted by Crippen LogP contribution is 2.27. The van der Waals surface area contributed by atoms with Gasteiger partial charge >= 0.3 is 0 Å². The Bertz CT molecular complexity index is 193. The molecule has 0 saturated heterocycles. The first-order chi connectivity index (χ1) is 8.19. The van der Waals surface area contributed by atoms with E-state index in [1.54, 1.807) is 7.11 Å². The topological polar surface area (TPSA) is 38.5 Å². The van der Waals surface area contributed by atoms with Crippen LogP contribution in [0.4, 0.5) is 0 Å². The fourth-order valence-corrected chi connectivity index (χ4v) is 2.76. The SMILES string of the molecule is CCC(C)N(CCOC)CC(N)C1CCCC1. The Balaban J connectivity index is 2.39. The molecule has 1 rings (SSSR count). The molecule has 0 aliphatic heterocycles. The van der Waals surface area contributed by atoms with Gasteiger partial charge in [-0.3, -0.25) is 4.90 Å². The number of ether oxygens (including phenoxy) is 1. The largest absolute Gasteiger partial charge is 0.383 e. The van der Waals surface area contributed by atoms with Crippen LogP contribution in [0.3, 0.4) is 0 Å². The van der Waals surface area contributed by atoms with E-state index in [9.17, 15) is 0 Å². The fraction of sp³-hybridized carbons (Fsp3) is 1.00. The Hall–Kier alpha value is -0.120. The highest BCUT2D eigenvalue weighted by Gasteiger charge is 2.24. The number of nitrogens with two attached hydrogens (primary N) is 1. The van der Waals surface area contributed by atoms with Crippen LogP contribution in [0.2, 0.25) is 0 Å². The Labute approximate surface area is 107 Å². The molecule has 1 aliphatic rings. The molecule has 0 bridgehead atoms. The monoisotopic (exact) mass is 242 g/mol. The van der Waals surface area contributed by atoms with Crippen LogP contribution in [0, 0.1) is 5.92 Å². The number of nitrogens with zero attached hydrogens (tertiary/aromatic N) is 1. The molecule has 1 saturated carbocycles. The molecule has 102 valence electrons. The summed E-state index contributed by atoms with van der Waals surface area (Å²) in [5, 5.41) is 0. The van der Waals surface area contributed by atoms with Crippen molar-refractivity contribution in [1.82, 2.24) is 4.90 Å². The van der Waals surface area contributed by atoms with Gasteiger partial charge in [-0.1, -0.05) is 19.8 Å². The lowest BCUT2D eigenvalue weighted by atomic mass is 9.98. The highest BCUT2D eigenvalue weighted by molar-refractivity contribution is 4.82. The van der Waals surface area contributed by atoms with Crippen LogP contribution in [-0.4, -0.2) is 43.8 Å². The van der Waals surface area contributed by atoms with Gasteiger partial charge < -0.3 is 10.5 Å². The van der Waals surface area contributed by atoms with Crippen molar-refractivity contribution in [2.24, 2.45) is 11.7 Å². The van der Waals surface area contributed by atoms with Gasteiger partial charge in [0.25, 0.3) is 0 Å². The van der Waals surface area contributed by atoms with E-state index in [-0.39, 0.29) is 0 Å². The van der Waals surface area contributed by atoms with Gasteiger partial charge in [-0.2, -0.15) is 0 Å². The van der Waals surface area contributed by atoms with Crippen LogP contribution in [0.5, 0.6) is 0 Å². The maximum Gasteiger partial charge on any atom is 0.0589 e. The number of hydrogen-bond donors (Lipinski definition) is 1. The third kappa shape index (κ3) is 4.94. The van der Waals surface area contributed by atoms with Gasteiger partial charge in [-0.05, 0) is 32.1 Å². The number of rotatable bonds is 8. The molecular weight excluding hydrogens is 212 g/mol. The standard InChI is InChI=1S/C14H30N2O/c1-4-12(2)16(9-10-17-3)11-14(15)13-7-5-6-8-13/h12-14H,4-11,15H2,1-3H3. The van der Waals surface area contributed by atoms with Crippen LogP contribution in [0.25, 0.3) is 0 Å². The van der Waals surface area contributed by atoms with E-state index in [1.807, 2.05) is 0 Å². The normalized spacial score (nSPS) is 21.0. The second-order valence-corrected chi connectivity index (χ2v) is 5.45. The lowest BCUT2D eigenvalue weighted by Gasteiger charge is -2.32. The minimum atomic E-state index is 0.350. The zero-order valence-corrected chi connectivity index (χ0v) is 11.8. The summed E-state index contributed by atoms with van der Waals surface area (Å²) in [6.07, 6.45) is 6.60. The van der Waals surface area contributed by atoms with Crippen LogP contribution < -0.4 is 5.73 Å². The molecule has 0 aromatic carbocycles. The predicted molar refractivity (Wildman–Crippen MR) is 73.1 cm³/mol. The first kappa shape index (κ1) is 14.9. The molecule has 0 radical (unpaired) electrons. The summed E-state index contributed by atoms with van der Waals surface area (Å²) in [4.78, 5) is 2.49. The molecule has 0 amide bonds. The molecule has 3 nitrogen and oxygen atoms in total. The van der Waals surface area contributed by atoms with Crippen molar-refractivity contribution in [2.45, 2.75) is 58.0 Å². The minimum absolute atomic E-state index is 0.350. The van der Waals surface area contributed by atoms with E-state index < -0.39 is 0 Å². The van der Waals surface area contributed by atoms with E-state index in [2.05, 4.69) is 18.7 Å². The van der Waals surface area contributed by atoms with E-state index in [0.717, 1.165) is 25.6 Å². The van der Waals surface area contributed by atoms with Crippen molar-refractivity contribution < 1.29 is 4.74 Å². The van der Waals surface area contributed by atoms with Crippen molar-refractivity contribution in [2.75, 3.05) is 26.8 Å². The van der Waals surface area contributed by atoms with Gasteiger partial charge in [0.2, 0.25) is 0 Å². The smallest absolute Gasteiger partial charge is 0.0589 e. The summed E-state index contributed by atoms with van der Waals surface area (Å²) >= 11 is 0. The minimum Gasteiger partial charge on any atom is -0.383 e. The summed E-state index contributed by atoms with van der Waals surface area (Å²) in [5.41, 5.74) is 6.36. The second-order valence-electron chi connectivity index (χ2n) is 5.45. The summed E-state index contributed by atoms with van der Waals surface area (Å²) in [6.45, 7) is 7.37. The predicted octanol–water partition coefficient (Wildman–Crippen LogP) is 2.25. The van der Waals surface area contributed by atoms with Crippen molar-refractivity contribution in [3.63, 3.8) is 0 Å². The van der Waals surface area contributed by atoms with Gasteiger partial charge in [0.05, 0.1) is 6.61 Å². The Morgan fingerprint density at radius 2 is 2.00 bits per heavy atom. The first-order valence-electron chi connectivity index (χ1n) is 7.17. The van der Waals surface area contributed by atoms with Crippen molar-refractivity contribution in [1.29, 1.82) is 0 Å². The molecule has 3 heteroatoms. The Morgan fingerprint density at radius 1 is 1.35 bits per heavy atom. The molecule has 0 heterocycles. The van der Waals surface area contributed by atoms with Crippen LogP contribution in [-0.2, 0) is 4.74 Å². The van der Waals surface area contributed by atoms with Crippen molar-refractivity contribution in [3.05, 3.63) is 0 Å². The average molecular weight is 242 g/mol. The van der Waals surface area contributed by atoms with E-state index >= 15 is 0 Å². The maximum atomic E-state index is 6.36. The lowest BCUT2D eigenvalue weighted by molar-refractivity contribution is 0.112. The van der Waals surface area contributed by atoms with Gasteiger partial charge in [-0.15, -0.1) is 0 Å². The Morgan fingerprint density at radius 3 is 2.53 bits per heavy atom. The van der Waals surface area contributed by atoms with E-state index in [0.29, 0.717) is 12.1 Å². The molecule has 1 aliphatic carbocycles. The van der Waals surface area contributed by atoms with Crippen LogP contribution in [0.15, 0.2) is 0 Å². The zero-order valence-electron chi connectivity index (χ0n) is 11.8. The van der Waals surface area contributed by atoms with Gasteiger partial charge in [-0.25, -0.2) is 0 Å². The molecule has 17 heavy (non-hydrogen) atoms.